The number of rotatable bonds is 8. The molecule has 0 unspecified atom stereocenters. The first-order valence-electron chi connectivity index (χ1n) is 9.32. The van der Waals surface area contributed by atoms with E-state index in [0.29, 0.717) is 17.0 Å². The summed E-state index contributed by atoms with van der Waals surface area (Å²) in [6, 6.07) is 5.88. The first-order valence-corrected chi connectivity index (χ1v) is 9.32. The standard InChI is InChI=1S/C21H25N2O7/c1-12(2)30-21(25)18-14(4)22-13(3)17(20(24)29-10-9-28-5)19(18)15-7-6-8-16(11-15)23(26)27/h6-8,11-12,26H,9-10H2,1-5H3/q-1. The van der Waals surface area contributed by atoms with Crippen molar-refractivity contribution in [2.24, 2.45) is 0 Å². The Hall–Kier alpha value is -3.01. The predicted octanol–water partition coefficient (Wildman–Crippen LogP) is 3.43. The molecule has 0 saturated carbocycles. The molecule has 0 spiro atoms. The number of aromatic nitrogens is 1. The molecule has 1 heterocycles. The second-order valence-corrected chi connectivity index (χ2v) is 6.81. The van der Waals surface area contributed by atoms with Crippen molar-refractivity contribution in [3.8, 4) is 11.1 Å². The Morgan fingerprint density at radius 3 is 2.33 bits per heavy atom. The number of benzene rings is 1. The summed E-state index contributed by atoms with van der Waals surface area (Å²) in [6.07, 6.45) is -0.399. The third-order valence-corrected chi connectivity index (χ3v) is 4.19. The van der Waals surface area contributed by atoms with Gasteiger partial charge in [0.05, 0.1) is 40.9 Å². The number of nitrogens with zero attached hydrogens (tertiary/aromatic N) is 2. The van der Waals surface area contributed by atoms with Crippen LogP contribution in [0, 0.1) is 19.1 Å². The van der Waals surface area contributed by atoms with Crippen LogP contribution in [0.15, 0.2) is 24.3 Å². The summed E-state index contributed by atoms with van der Waals surface area (Å²) < 4.78 is 15.5. The van der Waals surface area contributed by atoms with E-state index in [-0.39, 0.29) is 40.8 Å². The van der Waals surface area contributed by atoms with Crippen LogP contribution >= 0.6 is 0 Å². The molecule has 0 saturated heterocycles. The largest absolute Gasteiger partial charge is 0.733 e. The van der Waals surface area contributed by atoms with E-state index in [1.807, 2.05) is 0 Å². The first kappa shape index (κ1) is 23.3. The molecule has 1 aromatic heterocycles. The summed E-state index contributed by atoms with van der Waals surface area (Å²) in [5, 5.41) is 20.4. The minimum atomic E-state index is -0.695. The molecule has 1 aromatic carbocycles. The Kier molecular flexibility index (Phi) is 7.87. The Labute approximate surface area is 174 Å². The monoisotopic (exact) mass is 417 g/mol. The predicted molar refractivity (Wildman–Crippen MR) is 109 cm³/mol. The van der Waals surface area contributed by atoms with Crippen LogP contribution in [-0.2, 0) is 14.2 Å². The highest BCUT2D eigenvalue weighted by Gasteiger charge is 2.28. The van der Waals surface area contributed by atoms with Crippen LogP contribution in [0.3, 0.4) is 0 Å². The average molecular weight is 417 g/mol. The van der Waals surface area contributed by atoms with Crippen LogP contribution in [0.2, 0.25) is 0 Å². The molecule has 0 aliphatic carbocycles. The van der Waals surface area contributed by atoms with E-state index < -0.39 is 18.0 Å². The molecule has 0 fully saturated rings. The van der Waals surface area contributed by atoms with Crippen molar-refractivity contribution in [2.75, 3.05) is 25.6 Å². The molecule has 0 amide bonds. The van der Waals surface area contributed by atoms with Crippen LogP contribution in [0.25, 0.3) is 11.1 Å². The van der Waals surface area contributed by atoms with Gasteiger partial charge in [-0.05, 0) is 45.4 Å². The van der Waals surface area contributed by atoms with Gasteiger partial charge in [0, 0.05) is 12.7 Å². The van der Waals surface area contributed by atoms with Crippen LogP contribution in [0.5, 0.6) is 0 Å². The number of ether oxygens (including phenoxy) is 3. The van der Waals surface area contributed by atoms with E-state index in [4.69, 9.17) is 14.2 Å². The lowest BCUT2D eigenvalue weighted by Gasteiger charge is -2.23. The van der Waals surface area contributed by atoms with Crippen LogP contribution in [-0.4, -0.2) is 48.6 Å². The molecule has 2 rings (SSSR count). The fraction of sp³-hybridized carbons (Fsp3) is 0.381. The lowest BCUT2D eigenvalue weighted by molar-refractivity contribution is 0.0377. The number of hydrogen-bond acceptors (Lipinski definition) is 9. The van der Waals surface area contributed by atoms with Crippen molar-refractivity contribution in [3.63, 3.8) is 0 Å². The van der Waals surface area contributed by atoms with Gasteiger partial charge in [-0.2, -0.15) is 0 Å². The van der Waals surface area contributed by atoms with Gasteiger partial charge in [-0.3, -0.25) is 10.2 Å². The summed E-state index contributed by atoms with van der Waals surface area (Å²) in [5.74, 6) is -1.36. The second kappa shape index (κ2) is 10.1. The number of esters is 2. The molecule has 0 bridgehead atoms. The highest BCUT2D eigenvalue weighted by molar-refractivity contribution is 6.07. The highest BCUT2D eigenvalue weighted by atomic mass is 16.8. The van der Waals surface area contributed by atoms with E-state index in [0.717, 1.165) is 0 Å². The van der Waals surface area contributed by atoms with E-state index in [2.05, 4.69) is 4.98 Å². The maximum Gasteiger partial charge on any atom is 0.340 e. The fourth-order valence-electron chi connectivity index (χ4n) is 2.98. The van der Waals surface area contributed by atoms with Gasteiger partial charge < -0.3 is 24.6 Å². The van der Waals surface area contributed by atoms with E-state index in [1.165, 1.54) is 25.3 Å². The number of hydrogen-bond donors (Lipinski definition) is 1. The van der Waals surface area contributed by atoms with Crippen molar-refractivity contribution >= 4 is 17.6 Å². The molecule has 0 aliphatic heterocycles. The van der Waals surface area contributed by atoms with Crippen molar-refractivity contribution in [3.05, 3.63) is 52.0 Å². The summed E-state index contributed by atoms with van der Waals surface area (Å²) in [5.41, 5.74) is 1.36. The molecule has 30 heavy (non-hydrogen) atoms. The number of anilines is 1. The van der Waals surface area contributed by atoms with Crippen LogP contribution in [0.1, 0.15) is 46.0 Å². The quantitative estimate of drug-likeness (QED) is 0.391. The summed E-state index contributed by atoms with van der Waals surface area (Å²) in [7, 11) is 1.48. The molecule has 0 atom stereocenters. The van der Waals surface area contributed by atoms with Gasteiger partial charge >= 0.3 is 11.9 Å². The van der Waals surface area contributed by atoms with Gasteiger partial charge in [0.1, 0.15) is 6.61 Å². The average Bonchev–Trinajstić information content (AvgIpc) is 2.66. The van der Waals surface area contributed by atoms with E-state index in [9.17, 15) is 20.0 Å². The van der Waals surface area contributed by atoms with Gasteiger partial charge in [0.15, 0.2) is 0 Å². The van der Waals surface area contributed by atoms with E-state index >= 15 is 0 Å². The maximum absolute atomic E-state index is 12.9. The first-order chi connectivity index (χ1) is 14.2. The number of carbonyl (C=O) groups excluding carboxylic acids is 2. The second-order valence-electron chi connectivity index (χ2n) is 6.81. The highest BCUT2D eigenvalue weighted by Crippen LogP contribution is 2.34. The summed E-state index contributed by atoms with van der Waals surface area (Å²) in [4.78, 5) is 30.1. The Balaban J connectivity index is 2.76. The normalized spacial score (nSPS) is 10.8. The van der Waals surface area contributed by atoms with Crippen molar-refractivity contribution in [1.82, 2.24) is 4.98 Å². The molecule has 1 N–H and O–H groups in total. The summed E-state index contributed by atoms with van der Waals surface area (Å²) in [6.45, 7) is 6.87. The lowest BCUT2D eigenvalue weighted by atomic mass is 9.92. The third kappa shape index (κ3) is 5.32. The lowest BCUT2D eigenvalue weighted by Crippen LogP contribution is -2.20. The van der Waals surface area contributed by atoms with Gasteiger partial charge in [0.25, 0.3) is 0 Å². The molecule has 162 valence electrons. The third-order valence-electron chi connectivity index (χ3n) is 4.19. The number of aryl methyl sites for hydroxylation is 2. The molecule has 9 nitrogen and oxygen atoms in total. The number of methoxy groups -OCH3 is 1. The fourth-order valence-corrected chi connectivity index (χ4v) is 2.98. The Morgan fingerprint density at radius 1 is 1.13 bits per heavy atom. The van der Waals surface area contributed by atoms with E-state index in [1.54, 1.807) is 33.8 Å². The minimum absolute atomic E-state index is 0.0128. The summed E-state index contributed by atoms with van der Waals surface area (Å²) >= 11 is 0. The molecule has 9 heteroatoms. The number of carbonyl (C=O) groups is 2. The van der Waals surface area contributed by atoms with Crippen molar-refractivity contribution < 1.29 is 29.0 Å². The smallest absolute Gasteiger partial charge is 0.340 e. The molecule has 2 aromatic rings. The van der Waals surface area contributed by atoms with Crippen molar-refractivity contribution in [1.29, 1.82) is 0 Å². The van der Waals surface area contributed by atoms with Gasteiger partial charge in [0.2, 0.25) is 0 Å². The zero-order valence-corrected chi connectivity index (χ0v) is 17.6. The SMILES string of the molecule is COCCOC(=O)c1c(C)nc(C)c(C(=O)OC(C)C)c1-c1cccc(N([O-])O)c1. The minimum Gasteiger partial charge on any atom is -0.733 e. The van der Waals surface area contributed by atoms with Crippen molar-refractivity contribution in [2.45, 2.75) is 33.8 Å². The van der Waals surface area contributed by atoms with Crippen LogP contribution < -0.4 is 5.23 Å². The Morgan fingerprint density at radius 2 is 1.77 bits per heavy atom. The number of pyridine rings is 1. The zero-order valence-electron chi connectivity index (χ0n) is 17.6. The Bertz CT molecular complexity index is 926. The molecule has 0 radical (unpaired) electrons. The molecule has 0 aliphatic rings. The van der Waals surface area contributed by atoms with Gasteiger partial charge in [-0.25, -0.2) is 9.59 Å². The topological polar surface area (TPSA) is 121 Å². The van der Waals surface area contributed by atoms with Gasteiger partial charge in [-0.15, -0.1) is 0 Å². The van der Waals surface area contributed by atoms with Gasteiger partial charge in [-0.1, -0.05) is 12.1 Å². The molecular formula is C21H25N2O7-. The zero-order chi connectivity index (χ0) is 22.4. The molecular weight excluding hydrogens is 392 g/mol. The van der Waals surface area contributed by atoms with Crippen LogP contribution in [0.4, 0.5) is 5.69 Å². The maximum atomic E-state index is 12.9.